The van der Waals surface area contributed by atoms with E-state index in [1.807, 2.05) is 74.0 Å². The molecule has 13 heteroatoms. The van der Waals surface area contributed by atoms with Crippen LogP contribution in [0.3, 0.4) is 0 Å². The summed E-state index contributed by atoms with van der Waals surface area (Å²) >= 11 is 6.22. The molecule has 254 valence electrons. The SMILES string of the molecule is Cc1nc2n(n1)CC(=O)NCCCN(C(=O)c1cc3ccc(Cl)cc3n1C)CCCC(=O)N[C@H](Cc1ccccc1)C(=O)N[C@H]2C(C)C. The van der Waals surface area contributed by atoms with E-state index in [2.05, 4.69) is 26.0 Å². The predicted octanol–water partition coefficient (Wildman–Crippen LogP) is 3.71. The van der Waals surface area contributed by atoms with E-state index in [9.17, 15) is 19.2 Å². The van der Waals surface area contributed by atoms with Gasteiger partial charge in [-0.2, -0.15) is 5.10 Å². The molecular formula is C35H43ClN8O4. The first-order valence-corrected chi connectivity index (χ1v) is 16.7. The number of aryl methyl sites for hydroxylation is 2. The Morgan fingerprint density at radius 2 is 1.75 bits per heavy atom. The summed E-state index contributed by atoms with van der Waals surface area (Å²) in [5.74, 6) is -0.237. The molecule has 0 saturated carbocycles. The molecule has 0 unspecified atom stereocenters. The first kappa shape index (κ1) is 34.6. The lowest BCUT2D eigenvalue weighted by Crippen LogP contribution is -2.50. The van der Waals surface area contributed by atoms with Crippen molar-refractivity contribution in [1.29, 1.82) is 0 Å². The average molecular weight is 675 g/mol. The normalized spacial score (nSPS) is 18.9. The maximum absolute atomic E-state index is 13.9. The molecule has 0 spiro atoms. The van der Waals surface area contributed by atoms with Crippen LogP contribution in [0.25, 0.3) is 10.9 Å². The van der Waals surface area contributed by atoms with Gasteiger partial charge in [-0.15, -0.1) is 0 Å². The van der Waals surface area contributed by atoms with Crippen molar-refractivity contribution in [2.45, 2.75) is 65.1 Å². The Balaban J connectivity index is 1.41. The molecule has 2 aromatic heterocycles. The molecule has 1 aliphatic rings. The van der Waals surface area contributed by atoms with E-state index < -0.39 is 12.1 Å². The number of carbonyl (C=O) groups is 4. The van der Waals surface area contributed by atoms with Gasteiger partial charge in [0, 0.05) is 55.4 Å². The molecule has 0 radical (unpaired) electrons. The third-order valence-corrected chi connectivity index (χ3v) is 8.78. The van der Waals surface area contributed by atoms with Crippen LogP contribution >= 0.6 is 11.6 Å². The predicted molar refractivity (Wildman–Crippen MR) is 183 cm³/mol. The second-order valence-electron chi connectivity index (χ2n) is 12.6. The van der Waals surface area contributed by atoms with Gasteiger partial charge in [-0.3, -0.25) is 19.2 Å². The number of amides is 4. The largest absolute Gasteiger partial charge is 0.354 e. The van der Waals surface area contributed by atoms with Crippen molar-refractivity contribution in [3.05, 3.63) is 82.5 Å². The number of nitrogens with zero attached hydrogens (tertiary/aromatic N) is 5. The Morgan fingerprint density at radius 3 is 2.50 bits per heavy atom. The van der Waals surface area contributed by atoms with Crippen LogP contribution < -0.4 is 16.0 Å². The van der Waals surface area contributed by atoms with E-state index in [-0.39, 0.29) is 48.9 Å². The molecular weight excluding hydrogens is 632 g/mol. The van der Waals surface area contributed by atoms with E-state index in [0.29, 0.717) is 54.8 Å². The summed E-state index contributed by atoms with van der Waals surface area (Å²) in [7, 11) is 1.82. The van der Waals surface area contributed by atoms with Crippen LogP contribution in [0.15, 0.2) is 54.6 Å². The molecule has 1 aliphatic heterocycles. The molecule has 48 heavy (non-hydrogen) atoms. The van der Waals surface area contributed by atoms with Gasteiger partial charge < -0.3 is 25.4 Å². The van der Waals surface area contributed by atoms with Crippen molar-refractivity contribution < 1.29 is 19.2 Å². The number of aromatic nitrogens is 4. The fraction of sp³-hybridized carbons (Fsp3) is 0.429. The zero-order valence-corrected chi connectivity index (χ0v) is 28.6. The standard InChI is InChI=1S/C35H43ClN8O4/c1-22(2)32-33-38-23(3)41-44(33)21-31(46)37-15-9-17-43(35(48)29-19-25-13-14-26(36)20-28(25)42(29)4)16-8-12-30(45)39-27(34(47)40-32)18-24-10-6-5-7-11-24/h5-7,10-11,13-14,19-20,22,27,32H,8-9,12,15-18,21H2,1-4H3,(H,37,46)(H,39,45)(H,40,47)/t27-,32+/m1/s1. The van der Waals surface area contributed by atoms with Crippen LogP contribution in [-0.4, -0.2) is 73.5 Å². The molecule has 12 nitrogen and oxygen atoms in total. The van der Waals surface area contributed by atoms with Gasteiger partial charge in [0.1, 0.15) is 24.1 Å². The minimum Gasteiger partial charge on any atom is -0.354 e. The summed E-state index contributed by atoms with van der Waals surface area (Å²) < 4.78 is 3.34. The zero-order valence-electron chi connectivity index (χ0n) is 27.8. The van der Waals surface area contributed by atoms with Crippen LogP contribution in [0.1, 0.15) is 66.9 Å². The third kappa shape index (κ3) is 8.41. The van der Waals surface area contributed by atoms with E-state index in [4.69, 9.17) is 11.6 Å². The Labute approximate surface area is 285 Å². The number of rotatable bonds is 4. The molecule has 0 bridgehead atoms. The van der Waals surface area contributed by atoms with Gasteiger partial charge >= 0.3 is 0 Å². The highest BCUT2D eigenvalue weighted by molar-refractivity contribution is 6.31. The number of halogens is 1. The number of hydrogen-bond acceptors (Lipinski definition) is 6. The molecule has 0 saturated heterocycles. The summed E-state index contributed by atoms with van der Waals surface area (Å²) in [5, 5.41) is 14.9. The quantitative estimate of drug-likeness (QED) is 0.301. The van der Waals surface area contributed by atoms with Gasteiger partial charge in [-0.25, -0.2) is 9.67 Å². The molecule has 2 aromatic carbocycles. The molecule has 2 atom stereocenters. The number of nitrogens with one attached hydrogen (secondary N) is 3. The topological polar surface area (TPSA) is 143 Å². The Bertz CT molecular complexity index is 1780. The molecule has 5 rings (SSSR count). The highest BCUT2D eigenvalue weighted by Gasteiger charge is 2.30. The van der Waals surface area contributed by atoms with Gasteiger partial charge in [0.15, 0.2) is 5.82 Å². The number of benzene rings is 2. The van der Waals surface area contributed by atoms with Crippen molar-refractivity contribution in [1.82, 2.24) is 40.2 Å². The minimum absolute atomic E-state index is 0.0828. The van der Waals surface area contributed by atoms with Crippen LogP contribution in [-0.2, 0) is 34.4 Å². The van der Waals surface area contributed by atoms with Gasteiger partial charge in [0.2, 0.25) is 17.7 Å². The number of hydrogen-bond donors (Lipinski definition) is 3. The fourth-order valence-corrected chi connectivity index (χ4v) is 6.20. The van der Waals surface area contributed by atoms with Crippen molar-refractivity contribution >= 4 is 46.1 Å². The molecule has 4 amide bonds. The maximum Gasteiger partial charge on any atom is 0.270 e. The number of carbonyl (C=O) groups excluding carboxylic acids is 4. The van der Waals surface area contributed by atoms with Crippen molar-refractivity contribution in [3.63, 3.8) is 0 Å². The van der Waals surface area contributed by atoms with Crippen LogP contribution in [0.4, 0.5) is 0 Å². The highest BCUT2D eigenvalue weighted by Crippen LogP contribution is 2.24. The summed E-state index contributed by atoms with van der Waals surface area (Å²) in [4.78, 5) is 60.4. The summed E-state index contributed by atoms with van der Waals surface area (Å²) in [6.07, 6.45) is 1.29. The second-order valence-corrected chi connectivity index (χ2v) is 13.0. The first-order valence-electron chi connectivity index (χ1n) is 16.4. The lowest BCUT2D eigenvalue weighted by molar-refractivity contribution is -0.129. The fourth-order valence-electron chi connectivity index (χ4n) is 6.03. The zero-order chi connectivity index (χ0) is 34.4. The van der Waals surface area contributed by atoms with Gasteiger partial charge in [-0.1, -0.05) is 61.8 Å². The average Bonchev–Trinajstić information content (AvgIpc) is 3.57. The van der Waals surface area contributed by atoms with E-state index in [1.54, 1.807) is 17.9 Å². The second kappa shape index (κ2) is 15.5. The molecule has 0 aliphatic carbocycles. The lowest BCUT2D eigenvalue weighted by Gasteiger charge is -2.26. The van der Waals surface area contributed by atoms with Gasteiger partial charge in [-0.05, 0) is 49.4 Å². The van der Waals surface area contributed by atoms with E-state index in [1.165, 1.54) is 4.68 Å². The summed E-state index contributed by atoms with van der Waals surface area (Å²) in [5.41, 5.74) is 2.23. The third-order valence-electron chi connectivity index (χ3n) is 8.55. The van der Waals surface area contributed by atoms with E-state index >= 15 is 0 Å². The number of fused-ring (bicyclic) bond motifs is 2. The van der Waals surface area contributed by atoms with Crippen LogP contribution in [0, 0.1) is 12.8 Å². The van der Waals surface area contributed by atoms with Gasteiger partial charge in [0.05, 0.1) is 6.04 Å². The molecule has 3 N–H and O–H groups in total. The maximum atomic E-state index is 13.9. The Morgan fingerprint density at radius 1 is 1.00 bits per heavy atom. The minimum atomic E-state index is -0.860. The lowest BCUT2D eigenvalue weighted by atomic mass is 10.0. The van der Waals surface area contributed by atoms with Crippen molar-refractivity contribution in [2.75, 3.05) is 19.6 Å². The Kier molecular flexibility index (Phi) is 11.2. The van der Waals surface area contributed by atoms with Crippen LogP contribution in [0.2, 0.25) is 5.02 Å². The summed E-state index contributed by atoms with van der Waals surface area (Å²) in [6.45, 7) is 6.58. The monoisotopic (exact) mass is 674 g/mol. The Hall–Kier alpha value is -4.71. The van der Waals surface area contributed by atoms with Gasteiger partial charge in [0.25, 0.3) is 5.91 Å². The smallest absolute Gasteiger partial charge is 0.270 e. The van der Waals surface area contributed by atoms with Crippen molar-refractivity contribution in [3.8, 4) is 0 Å². The summed E-state index contributed by atoms with van der Waals surface area (Å²) in [6, 6.07) is 15.4. The first-order chi connectivity index (χ1) is 23.0. The molecule has 3 heterocycles. The van der Waals surface area contributed by atoms with Crippen molar-refractivity contribution in [2.24, 2.45) is 13.0 Å². The molecule has 0 fully saturated rings. The highest BCUT2D eigenvalue weighted by atomic mass is 35.5. The van der Waals surface area contributed by atoms with E-state index in [0.717, 1.165) is 16.5 Å². The molecule has 4 aromatic rings. The van der Waals surface area contributed by atoms with Crippen LogP contribution in [0.5, 0.6) is 0 Å².